The molecule has 1 aliphatic rings. The number of rotatable bonds is 8. The topological polar surface area (TPSA) is 92.6 Å². The first kappa shape index (κ1) is 19.0. The van der Waals surface area contributed by atoms with Crippen LogP contribution in [0.25, 0.3) is 0 Å². The maximum Gasteiger partial charge on any atom is 0.239 e. The Labute approximate surface area is 158 Å². The molecule has 7 nitrogen and oxygen atoms in total. The molecule has 144 valence electrons. The molecule has 0 aliphatic carbocycles. The SMILES string of the molecule is COc1ccc(C(=O)c2occc2NCC(=O)NCC2CCNCC2)cc1. The number of nitrogens with one attached hydrogen (secondary N) is 3. The number of benzene rings is 1. The summed E-state index contributed by atoms with van der Waals surface area (Å²) in [4.78, 5) is 24.7. The maximum atomic E-state index is 12.6. The molecule has 1 amide bonds. The average molecular weight is 371 g/mol. The van der Waals surface area contributed by atoms with Crippen LogP contribution >= 0.6 is 0 Å². The van der Waals surface area contributed by atoms with Gasteiger partial charge in [-0.1, -0.05) is 0 Å². The van der Waals surface area contributed by atoms with Gasteiger partial charge in [0.15, 0.2) is 5.76 Å². The van der Waals surface area contributed by atoms with Crippen molar-refractivity contribution in [3.8, 4) is 5.75 Å². The molecule has 0 saturated carbocycles. The van der Waals surface area contributed by atoms with E-state index in [0.29, 0.717) is 29.5 Å². The van der Waals surface area contributed by atoms with Crippen molar-refractivity contribution >= 4 is 17.4 Å². The van der Waals surface area contributed by atoms with Gasteiger partial charge in [-0.25, -0.2) is 0 Å². The fourth-order valence-electron chi connectivity index (χ4n) is 3.08. The van der Waals surface area contributed by atoms with Crippen molar-refractivity contribution in [3.63, 3.8) is 0 Å². The number of carbonyl (C=O) groups excluding carboxylic acids is 2. The monoisotopic (exact) mass is 371 g/mol. The number of hydrogen-bond acceptors (Lipinski definition) is 6. The quantitative estimate of drug-likeness (QED) is 0.615. The summed E-state index contributed by atoms with van der Waals surface area (Å²) in [6, 6.07) is 8.45. The molecule has 1 fully saturated rings. The number of amides is 1. The summed E-state index contributed by atoms with van der Waals surface area (Å²) in [6.07, 6.45) is 3.60. The molecular formula is C20H25N3O4. The van der Waals surface area contributed by atoms with Crippen molar-refractivity contribution < 1.29 is 18.7 Å². The molecule has 0 spiro atoms. The second kappa shape index (κ2) is 9.23. The van der Waals surface area contributed by atoms with E-state index in [0.717, 1.165) is 25.9 Å². The van der Waals surface area contributed by atoms with Crippen molar-refractivity contribution in [3.05, 3.63) is 47.9 Å². The minimum Gasteiger partial charge on any atom is -0.497 e. The van der Waals surface area contributed by atoms with E-state index in [9.17, 15) is 9.59 Å². The second-order valence-electron chi connectivity index (χ2n) is 6.57. The first-order valence-electron chi connectivity index (χ1n) is 9.15. The standard InChI is InChI=1S/C20H25N3O4/c1-26-16-4-2-15(3-5-16)19(25)20-17(8-11-27-20)22-13-18(24)23-12-14-6-9-21-10-7-14/h2-5,8,11,14,21-22H,6-7,9-10,12-13H2,1H3,(H,23,24). The highest BCUT2D eigenvalue weighted by molar-refractivity contribution is 6.10. The fourth-order valence-corrected chi connectivity index (χ4v) is 3.08. The number of hydrogen-bond donors (Lipinski definition) is 3. The van der Waals surface area contributed by atoms with E-state index in [4.69, 9.17) is 9.15 Å². The zero-order valence-electron chi connectivity index (χ0n) is 15.4. The van der Waals surface area contributed by atoms with Gasteiger partial charge in [-0.2, -0.15) is 0 Å². The molecule has 2 aromatic rings. The zero-order chi connectivity index (χ0) is 19.1. The number of ketones is 1. The third kappa shape index (κ3) is 5.10. The first-order chi connectivity index (χ1) is 13.2. The highest BCUT2D eigenvalue weighted by Crippen LogP contribution is 2.22. The van der Waals surface area contributed by atoms with Crippen LogP contribution in [0.1, 0.15) is 29.0 Å². The lowest BCUT2D eigenvalue weighted by Gasteiger charge is -2.22. The Bertz CT molecular complexity index is 764. The van der Waals surface area contributed by atoms with Crippen LogP contribution < -0.4 is 20.7 Å². The van der Waals surface area contributed by atoms with Crippen molar-refractivity contribution in [1.29, 1.82) is 0 Å². The Balaban J connectivity index is 1.53. The Morgan fingerprint density at radius 2 is 1.93 bits per heavy atom. The van der Waals surface area contributed by atoms with Gasteiger partial charge in [0, 0.05) is 18.2 Å². The molecule has 3 N–H and O–H groups in total. The Kier molecular flexibility index (Phi) is 6.49. The molecule has 0 bridgehead atoms. The summed E-state index contributed by atoms with van der Waals surface area (Å²) in [7, 11) is 1.57. The van der Waals surface area contributed by atoms with Crippen molar-refractivity contribution in [1.82, 2.24) is 10.6 Å². The summed E-state index contributed by atoms with van der Waals surface area (Å²) in [5.74, 6) is 1.04. The summed E-state index contributed by atoms with van der Waals surface area (Å²) in [6.45, 7) is 2.79. The zero-order valence-corrected chi connectivity index (χ0v) is 15.4. The minimum atomic E-state index is -0.250. The van der Waals surface area contributed by atoms with E-state index in [1.54, 1.807) is 37.4 Å². The number of methoxy groups -OCH3 is 1. The van der Waals surface area contributed by atoms with Gasteiger partial charge in [-0.3, -0.25) is 9.59 Å². The highest BCUT2D eigenvalue weighted by atomic mass is 16.5. The molecule has 0 unspecified atom stereocenters. The molecular weight excluding hydrogens is 346 g/mol. The highest BCUT2D eigenvalue weighted by Gasteiger charge is 2.18. The predicted molar refractivity (Wildman–Crippen MR) is 102 cm³/mol. The third-order valence-electron chi connectivity index (χ3n) is 4.71. The van der Waals surface area contributed by atoms with Gasteiger partial charge in [0.25, 0.3) is 0 Å². The van der Waals surface area contributed by atoms with Gasteiger partial charge in [-0.15, -0.1) is 0 Å². The minimum absolute atomic E-state index is 0.0907. The van der Waals surface area contributed by atoms with Crippen LogP contribution in [0.5, 0.6) is 5.75 Å². The molecule has 1 aliphatic heterocycles. The van der Waals surface area contributed by atoms with Gasteiger partial charge in [-0.05, 0) is 56.1 Å². The van der Waals surface area contributed by atoms with Crippen LogP contribution in [-0.4, -0.2) is 45.0 Å². The van der Waals surface area contributed by atoms with E-state index in [1.807, 2.05) is 0 Å². The summed E-state index contributed by atoms with van der Waals surface area (Å²) >= 11 is 0. The Morgan fingerprint density at radius 1 is 1.19 bits per heavy atom. The van der Waals surface area contributed by atoms with Crippen LogP contribution in [0.15, 0.2) is 41.0 Å². The lowest BCUT2D eigenvalue weighted by molar-refractivity contribution is -0.119. The number of furan rings is 1. The average Bonchev–Trinajstić information content (AvgIpc) is 3.19. The second-order valence-corrected chi connectivity index (χ2v) is 6.57. The molecule has 0 radical (unpaired) electrons. The van der Waals surface area contributed by atoms with Gasteiger partial charge in [0.05, 0.1) is 25.6 Å². The largest absolute Gasteiger partial charge is 0.497 e. The van der Waals surface area contributed by atoms with Gasteiger partial charge in [0.1, 0.15) is 5.75 Å². The summed E-state index contributed by atoms with van der Waals surface area (Å²) in [5.41, 5.74) is 0.997. The van der Waals surface area contributed by atoms with Crippen molar-refractivity contribution in [2.45, 2.75) is 12.8 Å². The predicted octanol–water partition coefficient (Wildman–Crippen LogP) is 2.05. The van der Waals surface area contributed by atoms with E-state index in [2.05, 4.69) is 16.0 Å². The lowest BCUT2D eigenvalue weighted by atomic mass is 9.98. The van der Waals surface area contributed by atoms with Gasteiger partial charge in [0.2, 0.25) is 11.7 Å². The summed E-state index contributed by atoms with van der Waals surface area (Å²) < 4.78 is 10.4. The van der Waals surface area contributed by atoms with Crippen LogP contribution in [-0.2, 0) is 4.79 Å². The fraction of sp³-hybridized carbons (Fsp3) is 0.400. The Morgan fingerprint density at radius 3 is 2.63 bits per heavy atom. The van der Waals surface area contributed by atoms with Crippen LogP contribution in [0.2, 0.25) is 0 Å². The number of ether oxygens (including phenoxy) is 1. The molecule has 0 atom stereocenters. The molecule has 3 rings (SSSR count). The molecule has 1 aromatic carbocycles. The van der Waals surface area contributed by atoms with E-state index in [-0.39, 0.29) is 24.0 Å². The Hall–Kier alpha value is -2.80. The third-order valence-corrected chi connectivity index (χ3v) is 4.71. The normalized spacial score (nSPS) is 14.6. The van der Waals surface area contributed by atoms with Crippen LogP contribution in [0.4, 0.5) is 5.69 Å². The van der Waals surface area contributed by atoms with Crippen LogP contribution in [0, 0.1) is 5.92 Å². The molecule has 7 heteroatoms. The van der Waals surface area contributed by atoms with Crippen molar-refractivity contribution in [2.24, 2.45) is 5.92 Å². The van der Waals surface area contributed by atoms with E-state index in [1.165, 1.54) is 6.26 Å². The molecule has 1 saturated heterocycles. The maximum absolute atomic E-state index is 12.6. The van der Waals surface area contributed by atoms with E-state index >= 15 is 0 Å². The van der Waals surface area contributed by atoms with Gasteiger partial charge >= 0.3 is 0 Å². The first-order valence-corrected chi connectivity index (χ1v) is 9.15. The van der Waals surface area contributed by atoms with E-state index < -0.39 is 0 Å². The molecule has 2 heterocycles. The van der Waals surface area contributed by atoms with Crippen LogP contribution in [0.3, 0.4) is 0 Å². The smallest absolute Gasteiger partial charge is 0.239 e. The van der Waals surface area contributed by atoms with Crippen molar-refractivity contribution in [2.75, 3.05) is 38.6 Å². The number of anilines is 1. The lowest BCUT2D eigenvalue weighted by Crippen LogP contribution is -2.38. The molecule has 27 heavy (non-hydrogen) atoms. The summed E-state index contributed by atoms with van der Waals surface area (Å²) in [5, 5.41) is 9.25. The number of piperidine rings is 1. The van der Waals surface area contributed by atoms with Gasteiger partial charge < -0.3 is 25.1 Å². The number of carbonyl (C=O) groups is 2. The molecule has 1 aromatic heterocycles.